The second-order valence-electron chi connectivity index (χ2n) is 8.80. The zero-order chi connectivity index (χ0) is 22.1. The zero-order valence-corrected chi connectivity index (χ0v) is 19.1. The lowest BCUT2D eigenvalue weighted by atomic mass is 10.1. The van der Waals surface area contributed by atoms with Gasteiger partial charge in [-0.05, 0) is 43.5 Å². The summed E-state index contributed by atoms with van der Waals surface area (Å²) in [6.45, 7) is 8.28. The average molecular weight is 424 g/mol. The summed E-state index contributed by atoms with van der Waals surface area (Å²) >= 11 is 0. The number of benzene rings is 1. The van der Waals surface area contributed by atoms with Crippen molar-refractivity contribution < 1.29 is 0 Å². The Labute approximate surface area is 182 Å². The van der Waals surface area contributed by atoms with E-state index in [0.29, 0.717) is 24.3 Å². The molecule has 0 unspecified atom stereocenters. The van der Waals surface area contributed by atoms with Gasteiger partial charge in [-0.15, -0.1) is 0 Å². The standard InChI is InChI=1S/C24H33N5O2/c1-5-6-7-8-9-10-11-29-22(30)20-21(26(4)24(29)31)25-23-27(12-13-28(20)23)19-15-17(2)14-18(3)16-19/h14-16H,5-13H2,1-4H3. The van der Waals surface area contributed by atoms with Crippen molar-refractivity contribution in [3.05, 3.63) is 50.2 Å². The van der Waals surface area contributed by atoms with Crippen LogP contribution in [0.1, 0.15) is 56.6 Å². The zero-order valence-electron chi connectivity index (χ0n) is 19.1. The van der Waals surface area contributed by atoms with Gasteiger partial charge in [0.25, 0.3) is 5.56 Å². The molecule has 0 atom stereocenters. The summed E-state index contributed by atoms with van der Waals surface area (Å²) in [5.41, 5.74) is 3.97. The number of hydrogen-bond donors (Lipinski definition) is 0. The highest BCUT2D eigenvalue weighted by Gasteiger charge is 2.28. The third kappa shape index (κ3) is 3.93. The molecule has 1 aliphatic heterocycles. The fourth-order valence-corrected chi connectivity index (χ4v) is 4.68. The van der Waals surface area contributed by atoms with E-state index in [-0.39, 0.29) is 11.2 Å². The molecule has 2 aromatic heterocycles. The van der Waals surface area contributed by atoms with Gasteiger partial charge in [0.2, 0.25) is 5.95 Å². The SMILES string of the molecule is CCCCCCCCn1c(=O)c2c(nc3n2CCN3c2cc(C)cc(C)c2)n(C)c1=O. The van der Waals surface area contributed by atoms with Crippen LogP contribution in [0.2, 0.25) is 0 Å². The van der Waals surface area contributed by atoms with Crippen LogP contribution in [0.5, 0.6) is 0 Å². The van der Waals surface area contributed by atoms with Crippen LogP contribution in [0.15, 0.2) is 27.8 Å². The van der Waals surface area contributed by atoms with E-state index in [0.717, 1.165) is 37.4 Å². The molecule has 0 N–H and O–H groups in total. The van der Waals surface area contributed by atoms with Crippen LogP contribution in [-0.2, 0) is 20.1 Å². The molecule has 0 bridgehead atoms. The minimum absolute atomic E-state index is 0.215. The number of aromatic nitrogens is 4. The van der Waals surface area contributed by atoms with E-state index in [1.54, 1.807) is 7.05 Å². The fraction of sp³-hybridized carbons (Fsp3) is 0.542. The van der Waals surface area contributed by atoms with Gasteiger partial charge in [0.1, 0.15) is 0 Å². The van der Waals surface area contributed by atoms with Crippen LogP contribution in [-0.4, -0.2) is 25.2 Å². The van der Waals surface area contributed by atoms with Crippen LogP contribution >= 0.6 is 0 Å². The van der Waals surface area contributed by atoms with E-state index in [1.165, 1.54) is 39.5 Å². The number of nitrogens with zero attached hydrogens (tertiary/aromatic N) is 5. The maximum Gasteiger partial charge on any atom is 0.332 e. The smallest absolute Gasteiger partial charge is 0.310 e. The maximum absolute atomic E-state index is 13.3. The molecule has 7 nitrogen and oxygen atoms in total. The molecule has 0 aliphatic carbocycles. The molecule has 0 saturated heterocycles. The number of anilines is 2. The van der Waals surface area contributed by atoms with Gasteiger partial charge >= 0.3 is 5.69 Å². The number of unbranched alkanes of at least 4 members (excludes halogenated alkanes) is 5. The summed E-state index contributed by atoms with van der Waals surface area (Å²) in [5, 5.41) is 0. The maximum atomic E-state index is 13.3. The molecule has 0 radical (unpaired) electrons. The Kier molecular flexibility index (Phi) is 6.03. The van der Waals surface area contributed by atoms with Crippen LogP contribution < -0.4 is 16.1 Å². The van der Waals surface area contributed by atoms with E-state index >= 15 is 0 Å². The summed E-state index contributed by atoms with van der Waals surface area (Å²) in [6.07, 6.45) is 6.71. The molecule has 1 aliphatic rings. The van der Waals surface area contributed by atoms with Gasteiger partial charge < -0.3 is 9.47 Å². The molecule has 3 aromatic rings. The topological polar surface area (TPSA) is 65.1 Å². The van der Waals surface area contributed by atoms with Gasteiger partial charge in [0, 0.05) is 32.4 Å². The van der Waals surface area contributed by atoms with E-state index in [2.05, 4.69) is 43.9 Å². The molecule has 7 heteroatoms. The van der Waals surface area contributed by atoms with Crippen molar-refractivity contribution in [2.24, 2.45) is 7.05 Å². The third-order valence-electron chi connectivity index (χ3n) is 6.25. The highest BCUT2D eigenvalue weighted by Crippen LogP contribution is 2.32. The Hall–Kier alpha value is -2.83. The number of imidazole rings is 1. The molecule has 0 amide bonds. The van der Waals surface area contributed by atoms with Crippen LogP contribution in [0.4, 0.5) is 11.6 Å². The second kappa shape index (κ2) is 8.73. The molecule has 1 aromatic carbocycles. The molecule has 0 fully saturated rings. The van der Waals surface area contributed by atoms with E-state index in [9.17, 15) is 9.59 Å². The Morgan fingerprint density at radius 3 is 2.32 bits per heavy atom. The van der Waals surface area contributed by atoms with Crippen molar-refractivity contribution in [2.75, 3.05) is 11.4 Å². The van der Waals surface area contributed by atoms with Gasteiger partial charge in [0.15, 0.2) is 11.2 Å². The highest BCUT2D eigenvalue weighted by molar-refractivity contribution is 5.78. The summed E-state index contributed by atoms with van der Waals surface area (Å²) in [5.74, 6) is 0.740. The fourth-order valence-electron chi connectivity index (χ4n) is 4.68. The first kappa shape index (κ1) is 21.4. The lowest BCUT2D eigenvalue weighted by Crippen LogP contribution is -2.39. The first-order valence-electron chi connectivity index (χ1n) is 11.5. The monoisotopic (exact) mass is 423 g/mol. The highest BCUT2D eigenvalue weighted by atomic mass is 16.2. The molecule has 31 heavy (non-hydrogen) atoms. The van der Waals surface area contributed by atoms with Crippen molar-refractivity contribution >= 4 is 22.8 Å². The van der Waals surface area contributed by atoms with Crippen molar-refractivity contribution in [3.63, 3.8) is 0 Å². The van der Waals surface area contributed by atoms with Gasteiger partial charge in [-0.1, -0.05) is 45.1 Å². The summed E-state index contributed by atoms with van der Waals surface area (Å²) in [6, 6.07) is 6.42. The lowest BCUT2D eigenvalue weighted by molar-refractivity contribution is 0.526. The predicted molar refractivity (Wildman–Crippen MR) is 126 cm³/mol. The summed E-state index contributed by atoms with van der Waals surface area (Å²) in [7, 11) is 1.71. The molecule has 4 rings (SSSR count). The Morgan fingerprint density at radius 1 is 0.935 bits per heavy atom. The number of hydrogen-bond acceptors (Lipinski definition) is 4. The third-order valence-corrected chi connectivity index (χ3v) is 6.25. The lowest BCUT2D eigenvalue weighted by Gasteiger charge is -2.17. The minimum Gasteiger partial charge on any atom is -0.310 e. The first-order chi connectivity index (χ1) is 14.9. The van der Waals surface area contributed by atoms with E-state index in [1.807, 2.05) is 4.57 Å². The first-order valence-corrected chi connectivity index (χ1v) is 11.5. The Bertz CT molecular complexity index is 1200. The van der Waals surface area contributed by atoms with Gasteiger partial charge in [-0.2, -0.15) is 4.98 Å². The largest absolute Gasteiger partial charge is 0.332 e. The van der Waals surface area contributed by atoms with Crippen molar-refractivity contribution in [1.29, 1.82) is 0 Å². The molecule has 0 saturated carbocycles. The molecular weight excluding hydrogens is 390 g/mol. The molecule has 3 heterocycles. The average Bonchev–Trinajstić information content (AvgIpc) is 3.29. The van der Waals surface area contributed by atoms with Crippen LogP contribution in [0, 0.1) is 13.8 Å². The van der Waals surface area contributed by atoms with Crippen molar-refractivity contribution in [3.8, 4) is 0 Å². The summed E-state index contributed by atoms with van der Waals surface area (Å²) in [4.78, 5) is 33.1. The normalized spacial score (nSPS) is 13.4. The second-order valence-corrected chi connectivity index (χ2v) is 8.80. The van der Waals surface area contributed by atoms with E-state index < -0.39 is 0 Å². The quantitative estimate of drug-likeness (QED) is 0.513. The summed E-state index contributed by atoms with van der Waals surface area (Å²) < 4.78 is 4.90. The number of rotatable bonds is 8. The van der Waals surface area contributed by atoms with Crippen molar-refractivity contribution in [2.45, 2.75) is 72.4 Å². The predicted octanol–water partition coefficient (Wildman–Crippen LogP) is 4.03. The Balaban J connectivity index is 1.69. The van der Waals surface area contributed by atoms with Gasteiger partial charge in [0.05, 0.1) is 0 Å². The van der Waals surface area contributed by atoms with Crippen LogP contribution in [0.25, 0.3) is 11.2 Å². The van der Waals surface area contributed by atoms with Gasteiger partial charge in [-0.25, -0.2) is 4.79 Å². The Morgan fingerprint density at radius 2 is 1.61 bits per heavy atom. The van der Waals surface area contributed by atoms with Crippen molar-refractivity contribution in [1.82, 2.24) is 18.7 Å². The van der Waals surface area contributed by atoms with E-state index in [4.69, 9.17) is 4.98 Å². The number of aryl methyl sites for hydroxylation is 3. The molecule has 0 spiro atoms. The number of fused-ring (bicyclic) bond motifs is 3. The van der Waals surface area contributed by atoms with Gasteiger partial charge in [-0.3, -0.25) is 13.9 Å². The molecular formula is C24H33N5O2. The van der Waals surface area contributed by atoms with Crippen LogP contribution in [0.3, 0.4) is 0 Å². The molecule has 166 valence electrons. The minimum atomic E-state index is -0.277.